The Hall–Kier alpha value is -1.58. The first-order valence-electron chi connectivity index (χ1n) is 6.31. The summed E-state index contributed by atoms with van der Waals surface area (Å²) in [6.45, 7) is 1.70. The lowest BCUT2D eigenvalue weighted by molar-refractivity contribution is -0.147. The van der Waals surface area contributed by atoms with Crippen LogP contribution >= 0.6 is 11.6 Å². The monoisotopic (exact) mass is 327 g/mol. The van der Waals surface area contributed by atoms with E-state index < -0.39 is 32.4 Å². The van der Waals surface area contributed by atoms with E-state index in [9.17, 15) is 18.5 Å². The van der Waals surface area contributed by atoms with Crippen LogP contribution in [0.5, 0.6) is 0 Å². The highest BCUT2D eigenvalue weighted by atomic mass is 35.5. The summed E-state index contributed by atoms with van der Waals surface area (Å²) in [7, 11) is -3.58. The zero-order valence-electron chi connectivity index (χ0n) is 11.5. The van der Waals surface area contributed by atoms with Crippen LogP contribution in [0.25, 0.3) is 0 Å². The number of carbonyl (C=O) groups excluding carboxylic acids is 1. The molecule has 1 aliphatic rings. The van der Waals surface area contributed by atoms with Crippen LogP contribution in [0.4, 0.5) is 0 Å². The first-order valence-corrected chi connectivity index (χ1v) is 8.65. The van der Waals surface area contributed by atoms with Crippen molar-refractivity contribution in [3.05, 3.63) is 34.9 Å². The molecule has 1 aromatic carbocycles. The van der Waals surface area contributed by atoms with E-state index in [1.54, 1.807) is 31.2 Å². The minimum atomic E-state index is -3.58. The number of rotatable bonds is 4. The molecule has 0 radical (unpaired) electrons. The van der Waals surface area contributed by atoms with Crippen LogP contribution in [0.1, 0.15) is 18.4 Å². The summed E-state index contributed by atoms with van der Waals surface area (Å²) in [6, 6.07) is 8.33. The SMILES string of the molecule is CCOC(=O)[C@@]1(C#N)[C@H](c2ccc(Cl)cc2)[C@@H]1S(C)(=O)=O. The van der Waals surface area contributed by atoms with Gasteiger partial charge in [-0.1, -0.05) is 23.7 Å². The first-order chi connectivity index (χ1) is 9.79. The molecule has 1 aliphatic carbocycles. The third-order valence-corrected chi connectivity index (χ3v) is 5.44. The second kappa shape index (κ2) is 5.32. The smallest absolute Gasteiger partial charge is 0.328 e. The van der Waals surface area contributed by atoms with E-state index in [-0.39, 0.29) is 6.61 Å². The molecule has 21 heavy (non-hydrogen) atoms. The normalized spacial score (nSPS) is 27.7. The molecule has 1 saturated carbocycles. The average Bonchev–Trinajstić information content (AvgIpc) is 3.10. The Morgan fingerprint density at radius 1 is 1.43 bits per heavy atom. The van der Waals surface area contributed by atoms with Gasteiger partial charge in [-0.3, -0.25) is 4.79 Å². The molecule has 3 atom stereocenters. The third-order valence-electron chi connectivity index (χ3n) is 3.62. The Balaban J connectivity index is 2.50. The van der Waals surface area contributed by atoms with Gasteiger partial charge >= 0.3 is 5.97 Å². The van der Waals surface area contributed by atoms with Gasteiger partial charge in [-0.15, -0.1) is 0 Å². The molecule has 0 aliphatic heterocycles. The summed E-state index contributed by atoms with van der Waals surface area (Å²) in [4.78, 5) is 12.1. The molecule has 0 N–H and O–H groups in total. The number of hydrogen-bond donors (Lipinski definition) is 0. The van der Waals surface area contributed by atoms with Crippen LogP contribution in [-0.4, -0.2) is 32.5 Å². The molecule has 0 aromatic heterocycles. The Bertz CT molecular complexity index is 707. The summed E-state index contributed by atoms with van der Waals surface area (Å²) in [5.41, 5.74) is -1.08. The molecule has 5 nitrogen and oxygen atoms in total. The fourth-order valence-corrected chi connectivity index (χ4v) is 4.61. The Labute approximate surface area is 128 Å². The van der Waals surface area contributed by atoms with Gasteiger partial charge in [0.05, 0.1) is 12.7 Å². The predicted molar refractivity (Wildman–Crippen MR) is 77.5 cm³/mol. The van der Waals surface area contributed by atoms with Crippen LogP contribution in [0.2, 0.25) is 5.02 Å². The quantitative estimate of drug-likeness (QED) is 0.789. The number of sulfone groups is 1. The molecule has 0 saturated heterocycles. The van der Waals surface area contributed by atoms with Crippen LogP contribution in [0.3, 0.4) is 0 Å². The van der Waals surface area contributed by atoms with Gasteiger partial charge in [-0.2, -0.15) is 5.26 Å². The van der Waals surface area contributed by atoms with Crippen molar-refractivity contribution in [2.75, 3.05) is 12.9 Å². The highest BCUT2D eigenvalue weighted by Crippen LogP contribution is 2.63. The Morgan fingerprint density at radius 3 is 2.43 bits per heavy atom. The van der Waals surface area contributed by atoms with Crippen molar-refractivity contribution in [3.8, 4) is 6.07 Å². The fraction of sp³-hybridized carbons (Fsp3) is 0.429. The van der Waals surface area contributed by atoms with E-state index in [1.165, 1.54) is 0 Å². The molecule has 0 heterocycles. The molecule has 112 valence electrons. The van der Waals surface area contributed by atoms with Crippen molar-refractivity contribution in [2.24, 2.45) is 5.41 Å². The van der Waals surface area contributed by atoms with Gasteiger partial charge in [0.1, 0.15) is 5.25 Å². The van der Waals surface area contributed by atoms with Crippen molar-refractivity contribution in [1.82, 2.24) is 0 Å². The largest absolute Gasteiger partial charge is 0.465 e. The molecule has 1 aromatic rings. The summed E-state index contributed by atoms with van der Waals surface area (Å²) < 4.78 is 28.8. The molecule has 2 rings (SSSR count). The molecule has 7 heteroatoms. The molecule has 1 fully saturated rings. The summed E-state index contributed by atoms with van der Waals surface area (Å²) in [5.74, 6) is -1.52. The maximum Gasteiger partial charge on any atom is 0.328 e. The third kappa shape index (κ3) is 2.52. The first kappa shape index (κ1) is 15.8. The average molecular weight is 328 g/mol. The van der Waals surface area contributed by atoms with Gasteiger partial charge < -0.3 is 4.74 Å². The molecule has 0 spiro atoms. The molecular formula is C14H14ClNO4S. The second-order valence-corrected chi connectivity index (χ2v) is 7.58. The van der Waals surface area contributed by atoms with Gasteiger partial charge in [0.25, 0.3) is 0 Å². The highest BCUT2D eigenvalue weighted by molar-refractivity contribution is 7.91. The van der Waals surface area contributed by atoms with E-state index in [1.807, 2.05) is 6.07 Å². The Kier molecular flexibility index (Phi) is 4.00. The number of halogens is 1. The minimum Gasteiger partial charge on any atom is -0.465 e. The lowest BCUT2D eigenvalue weighted by Crippen LogP contribution is -2.24. The number of esters is 1. The standard InChI is InChI=1S/C14H14ClNO4S/c1-3-20-13(17)14(8-16)11(12(14)21(2,18)19)9-4-6-10(15)7-5-9/h4-7,11-12H,3H2,1-2H3/t11-,12+,14+/m1/s1. The van der Waals surface area contributed by atoms with E-state index in [2.05, 4.69) is 0 Å². The highest BCUT2D eigenvalue weighted by Gasteiger charge is 2.76. The van der Waals surface area contributed by atoms with Gasteiger partial charge in [0.15, 0.2) is 15.3 Å². The van der Waals surface area contributed by atoms with E-state index >= 15 is 0 Å². The van der Waals surface area contributed by atoms with E-state index in [0.717, 1.165) is 6.26 Å². The lowest BCUT2D eigenvalue weighted by atomic mass is 10.0. The number of nitrogens with zero attached hydrogens (tertiary/aromatic N) is 1. The van der Waals surface area contributed by atoms with Crippen LogP contribution < -0.4 is 0 Å². The van der Waals surface area contributed by atoms with E-state index in [4.69, 9.17) is 16.3 Å². The number of nitriles is 1. The van der Waals surface area contributed by atoms with Crippen LogP contribution in [0.15, 0.2) is 24.3 Å². The van der Waals surface area contributed by atoms with Crippen molar-refractivity contribution in [1.29, 1.82) is 5.26 Å². The van der Waals surface area contributed by atoms with Crippen molar-refractivity contribution in [2.45, 2.75) is 18.1 Å². The van der Waals surface area contributed by atoms with Gasteiger partial charge in [-0.25, -0.2) is 8.42 Å². The topological polar surface area (TPSA) is 84.2 Å². The summed E-state index contributed by atoms with van der Waals surface area (Å²) in [6.07, 6.45) is 1.03. The number of ether oxygens (including phenoxy) is 1. The lowest BCUT2D eigenvalue weighted by Gasteiger charge is -2.08. The predicted octanol–water partition coefficient (Wildman–Crippen LogP) is 1.92. The number of benzene rings is 1. The molecular weight excluding hydrogens is 314 g/mol. The summed E-state index contributed by atoms with van der Waals surface area (Å²) >= 11 is 5.81. The molecule has 0 amide bonds. The minimum absolute atomic E-state index is 0.0894. The zero-order valence-corrected chi connectivity index (χ0v) is 13.1. The van der Waals surface area contributed by atoms with Crippen molar-refractivity contribution in [3.63, 3.8) is 0 Å². The molecule has 0 unspecified atom stereocenters. The zero-order chi connectivity index (χ0) is 15.8. The number of hydrogen-bond acceptors (Lipinski definition) is 5. The van der Waals surface area contributed by atoms with Gasteiger partial charge in [-0.05, 0) is 24.6 Å². The maximum atomic E-state index is 12.1. The second-order valence-electron chi connectivity index (χ2n) is 4.98. The fourth-order valence-electron chi connectivity index (χ4n) is 2.72. The van der Waals surface area contributed by atoms with Gasteiger partial charge in [0.2, 0.25) is 0 Å². The van der Waals surface area contributed by atoms with Crippen LogP contribution in [0, 0.1) is 16.7 Å². The van der Waals surface area contributed by atoms with E-state index in [0.29, 0.717) is 10.6 Å². The number of carbonyl (C=O) groups is 1. The summed E-state index contributed by atoms with van der Waals surface area (Å²) in [5, 5.41) is 8.84. The molecule has 0 bridgehead atoms. The van der Waals surface area contributed by atoms with Crippen molar-refractivity contribution >= 4 is 27.4 Å². The van der Waals surface area contributed by atoms with Crippen molar-refractivity contribution < 1.29 is 17.9 Å². The van der Waals surface area contributed by atoms with Crippen LogP contribution in [-0.2, 0) is 19.4 Å². The maximum absolute atomic E-state index is 12.1. The Morgan fingerprint density at radius 2 is 2.00 bits per heavy atom. The van der Waals surface area contributed by atoms with Gasteiger partial charge in [0, 0.05) is 17.2 Å².